The molecule has 2 aliphatic heterocycles. The van der Waals surface area contributed by atoms with Gasteiger partial charge in [-0.2, -0.15) is 5.10 Å². The van der Waals surface area contributed by atoms with Gasteiger partial charge in [0.15, 0.2) is 5.82 Å². The standard InChI is InChI=1S/C23H24ClFN8O/c1-3-34-16-9-27-14-6-5-12(17(24)20(14)29-16)19-21-22(32-31-19)30-23(10(2)28-21)33-11-4-7-15(33)18(25)13(26)8-11/h5-6,9,11,13,15,18H,3-4,7-8,26H2,1-2H3,(H,30,31,32)/t11-,13-,15+,18-/m0/s1. The molecule has 0 spiro atoms. The lowest BCUT2D eigenvalue weighted by Gasteiger charge is -2.41. The quantitative estimate of drug-likeness (QED) is 0.451. The van der Waals surface area contributed by atoms with Crippen LogP contribution in [0.3, 0.4) is 0 Å². The summed E-state index contributed by atoms with van der Waals surface area (Å²) in [4.78, 5) is 20.6. The lowest BCUT2D eigenvalue weighted by Crippen LogP contribution is -2.56. The van der Waals surface area contributed by atoms with Crippen molar-refractivity contribution in [2.75, 3.05) is 11.5 Å². The van der Waals surface area contributed by atoms with Crippen LogP contribution in [0.1, 0.15) is 31.9 Å². The van der Waals surface area contributed by atoms with Gasteiger partial charge in [0, 0.05) is 17.6 Å². The molecule has 0 saturated carbocycles. The van der Waals surface area contributed by atoms with Crippen LogP contribution in [0.4, 0.5) is 10.2 Å². The summed E-state index contributed by atoms with van der Waals surface area (Å²) in [5.74, 6) is 1.08. The van der Waals surface area contributed by atoms with Crippen molar-refractivity contribution < 1.29 is 9.13 Å². The number of nitrogens with two attached hydrogens (primary N) is 1. The van der Waals surface area contributed by atoms with Gasteiger partial charge in [0.25, 0.3) is 0 Å². The maximum absolute atomic E-state index is 14.9. The maximum atomic E-state index is 14.9. The number of alkyl halides is 1. The van der Waals surface area contributed by atoms with E-state index in [9.17, 15) is 4.39 Å². The molecule has 0 amide bonds. The van der Waals surface area contributed by atoms with E-state index in [2.05, 4.69) is 25.1 Å². The molecule has 1 aromatic carbocycles. The van der Waals surface area contributed by atoms with E-state index >= 15 is 0 Å². The van der Waals surface area contributed by atoms with E-state index in [1.807, 2.05) is 26.0 Å². The predicted octanol–water partition coefficient (Wildman–Crippen LogP) is 3.73. The molecular weight excluding hydrogens is 459 g/mol. The summed E-state index contributed by atoms with van der Waals surface area (Å²) in [6.07, 6.45) is 2.78. The first-order valence-corrected chi connectivity index (χ1v) is 11.8. The van der Waals surface area contributed by atoms with Crippen LogP contribution < -0.4 is 15.4 Å². The van der Waals surface area contributed by atoms with Crippen molar-refractivity contribution in [3.8, 4) is 17.1 Å². The third-order valence-corrected chi connectivity index (χ3v) is 7.22. The number of H-pyrrole nitrogens is 1. The Morgan fingerprint density at radius 3 is 2.91 bits per heavy atom. The third-order valence-electron chi connectivity index (χ3n) is 6.84. The van der Waals surface area contributed by atoms with E-state index in [0.29, 0.717) is 68.9 Å². The number of nitrogens with one attached hydrogen (secondary N) is 1. The number of halogens is 2. The van der Waals surface area contributed by atoms with E-state index in [-0.39, 0.29) is 12.1 Å². The van der Waals surface area contributed by atoms with Crippen LogP contribution in [0, 0.1) is 6.92 Å². The number of ether oxygens (including phenoxy) is 1. The lowest BCUT2D eigenvalue weighted by molar-refractivity contribution is 0.203. The summed E-state index contributed by atoms with van der Waals surface area (Å²) >= 11 is 6.76. The fourth-order valence-electron chi connectivity index (χ4n) is 5.30. The smallest absolute Gasteiger partial charge is 0.232 e. The number of aryl methyl sites for hydroxylation is 1. The van der Waals surface area contributed by atoms with Crippen molar-refractivity contribution in [3.63, 3.8) is 0 Å². The number of piperidine rings is 1. The highest BCUT2D eigenvalue weighted by Gasteiger charge is 2.47. The molecule has 9 nitrogen and oxygen atoms in total. The van der Waals surface area contributed by atoms with Crippen LogP contribution in [0.5, 0.6) is 5.88 Å². The monoisotopic (exact) mass is 482 g/mol. The molecule has 4 atom stereocenters. The van der Waals surface area contributed by atoms with Crippen molar-refractivity contribution >= 4 is 39.6 Å². The van der Waals surface area contributed by atoms with Gasteiger partial charge in [-0.25, -0.2) is 24.3 Å². The van der Waals surface area contributed by atoms with Gasteiger partial charge in [0.1, 0.15) is 17.2 Å². The highest BCUT2D eigenvalue weighted by atomic mass is 35.5. The zero-order valence-electron chi connectivity index (χ0n) is 18.8. The molecule has 34 heavy (non-hydrogen) atoms. The highest BCUT2D eigenvalue weighted by Crippen LogP contribution is 2.41. The average Bonchev–Trinajstić information content (AvgIpc) is 3.38. The topological polar surface area (TPSA) is 119 Å². The fourth-order valence-corrected chi connectivity index (χ4v) is 5.59. The number of benzene rings is 1. The minimum absolute atomic E-state index is 0.170. The minimum atomic E-state index is -1.08. The van der Waals surface area contributed by atoms with Crippen molar-refractivity contribution in [3.05, 3.63) is 29.0 Å². The average molecular weight is 483 g/mol. The Kier molecular flexibility index (Phi) is 5.03. The van der Waals surface area contributed by atoms with Gasteiger partial charge < -0.3 is 15.4 Å². The Bertz CT molecular complexity index is 1410. The Morgan fingerprint density at radius 2 is 2.09 bits per heavy atom. The molecule has 0 aliphatic carbocycles. The molecule has 6 rings (SSSR count). The normalized spacial score (nSPS) is 24.3. The van der Waals surface area contributed by atoms with Crippen LogP contribution in [-0.2, 0) is 0 Å². The molecule has 3 aromatic heterocycles. The van der Waals surface area contributed by atoms with E-state index in [0.717, 1.165) is 12.8 Å². The Morgan fingerprint density at radius 1 is 1.24 bits per heavy atom. The maximum Gasteiger partial charge on any atom is 0.232 e. The van der Waals surface area contributed by atoms with Crippen LogP contribution >= 0.6 is 11.6 Å². The molecule has 11 heteroatoms. The second-order valence-electron chi connectivity index (χ2n) is 8.89. The number of aromatic amines is 1. The van der Waals surface area contributed by atoms with Crippen molar-refractivity contribution in [1.82, 2.24) is 30.1 Å². The number of nitrogens with zero attached hydrogens (tertiary/aromatic N) is 6. The second kappa shape index (κ2) is 7.99. The van der Waals surface area contributed by atoms with Gasteiger partial charge in [-0.1, -0.05) is 11.6 Å². The van der Waals surface area contributed by atoms with Crippen molar-refractivity contribution in [2.24, 2.45) is 5.73 Å². The molecule has 4 aromatic rings. The first-order valence-electron chi connectivity index (χ1n) is 11.5. The summed E-state index contributed by atoms with van der Waals surface area (Å²) in [5, 5.41) is 7.86. The van der Waals surface area contributed by atoms with Gasteiger partial charge in [0.2, 0.25) is 11.5 Å². The minimum Gasteiger partial charge on any atom is -0.477 e. The Labute approximate surface area is 199 Å². The summed E-state index contributed by atoms with van der Waals surface area (Å²) in [6.45, 7) is 4.25. The van der Waals surface area contributed by atoms with Gasteiger partial charge in [-0.05, 0) is 45.2 Å². The van der Waals surface area contributed by atoms with Crippen LogP contribution in [0.25, 0.3) is 33.5 Å². The number of rotatable bonds is 4. The van der Waals surface area contributed by atoms with Crippen LogP contribution in [-0.4, -0.2) is 61.0 Å². The first-order chi connectivity index (χ1) is 16.5. The fraction of sp³-hybridized carbons (Fsp3) is 0.435. The van der Waals surface area contributed by atoms with Crippen molar-refractivity contribution in [2.45, 2.75) is 57.4 Å². The molecule has 2 saturated heterocycles. The van der Waals surface area contributed by atoms with Crippen LogP contribution in [0.2, 0.25) is 5.02 Å². The molecule has 3 N–H and O–H groups in total. The molecule has 2 aliphatic rings. The van der Waals surface area contributed by atoms with E-state index in [4.69, 9.17) is 32.0 Å². The number of fused-ring (bicyclic) bond motifs is 4. The summed E-state index contributed by atoms with van der Waals surface area (Å²) < 4.78 is 20.3. The predicted molar refractivity (Wildman–Crippen MR) is 128 cm³/mol. The lowest BCUT2D eigenvalue weighted by atomic mass is 9.96. The molecular formula is C23H24ClFN8O. The summed E-state index contributed by atoms with van der Waals surface area (Å²) in [6, 6.07) is 3.17. The molecule has 176 valence electrons. The summed E-state index contributed by atoms with van der Waals surface area (Å²) in [7, 11) is 0. The number of hydrogen-bond donors (Lipinski definition) is 2. The van der Waals surface area contributed by atoms with E-state index in [1.165, 1.54) is 0 Å². The van der Waals surface area contributed by atoms with Gasteiger partial charge in [0.05, 0.1) is 40.8 Å². The van der Waals surface area contributed by atoms with Crippen molar-refractivity contribution in [1.29, 1.82) is 0 Å². The largest absolute Gasteiger partial charge is 0.477 e. The Balaban J connectivity index is 1.44. The molecule has 0 radical (unpaired) electrons. The number of anilines is 1. The van der Waals surface area contributed by atoms with E-state index < -0.39 is 12.2 Å². The van der Waals surface area contributed by atoms with E-state index in [1.54, 1.807) is 6.20 Å². The number of hydrogen-bond acceptors (Lipinski definition) is 8. The molecule has 2 fully saturated rings. The first kappa shape index (κ1) is 21.4. The molecule has 2 bridgehead atoms. The molecule has 5 heterocycles. The summed E-state index contributed by atoms with van der Waals surface area (Å²) in [5.41, 5.74) is 10.3. The molecule has 0 unspecified atom stereocenters. The van der Waals surface area contributed by atoms with Gasteiger partial charge in [-0.15, -0.1) is 0 Å². The third kappa shape index (κ3) is 3.19. The highest BCUT2D eigenvalue weighted by molar-refractivity contribution is 6.38. The Hall–Kier alpha value is -3.11. The SMILES string of the molecule is CCOc1cnc2ccc(-c3[nH]nc4nc(N5[C@H]6CC[C@@H]5[C@@H](F)[C@@H](N)C6)c(C)nc34)c(Cl)c2n1. The van der Waals surface area contributed by atoms with Gasteiger partial charge in [-0.3, -0.25) is 5.10 Å². The zero-order valence-corrected chi connectivity index (χ0v) is 19.6. The van der Waals surface area contributed by atoms with Gasteiger partial charge >= 0.3 is 0 Å². The number of aromatic nitrogens is 6. The zero-order chi connectivity index (χ0) is 23.6. The van der Waals surface area contributed by atoms with Crippen LogP contribution in [0.15, 0.2) is 18.3 Å². The second-order valence-corrected chi connectivity index (χ2v) is 9.27.